The Hall–Kier alpha value is -2.78. The molecule has 8 nitrogen and oxygen atoms in total. The van der Waals surface area contributed by atoms with Gasteiger partial charge in [-0.2, -0.15) is 0 Å². The number of nitrogens with one attached hydrogen (secondary N) is 1. The van der Waals surface area contributed by atoms with E-state index in [1.54, 1.807) is 63.4 Å². The van der Waals surface area contributed by atoms with Gasteiger partial charge in [0.1, 0.15) is 18.3 Å². The van der Waals surface area contributed by atoms with E-state index in [1.807, 2.05) is 13.8 Å². The van der Waals surface area contributed by atoms with Gasteiger partial charge in [-0.3, -0.25) is 13.9 Å². The third-order valence-electron chi connectivity index (χ3n) is 5.87. The zero-order valence-electron chi connectivity index (χ0n) is 21.0. The van der Waals surface area contributed by atoms with Gasteiger partial charge >= 0.3 is 0 Å². The molecule has 0 aliphatic heterocycles. The van der Waals surface area contributed by atoms with E-state index in [0.29, 0.717) is 22.0 Å². The minimum absolute atomic E-state index is 0.0653. The van der Waals surface area contributed by atoms with Crippen LogP contribution in [0.15, 0.2) is 42.5 Å². The molecule has 2 amide bonds. The monoisotopic (exact) mass is 523 g/mol. The lowest BCUT2D eigenvalue weighted by atomic mass is 10.1. The molecule has 0 unspecified atom stereocenters. The number of carbonyl (C=O) groups excluding carboxylic acids is 2. The van der Waals surface area contributed by atoms with Crippen molar-refractivity contribution in [1.29, 1.82) is 0 Å². The van der Waals surface area contributed by atoms with Crippen molar-refractivity contribution < 1.29 is 22.7 Å². The molecule has 0 saturated carbocycles. The predicted molar refractivity (Wildman–Crippen MR) is 139 cm³/mol. The summed E-state index contributed by atoms with van der Waals surface area (Å²) < 4.78 is 31.6. The van der Waals surface area contributed by atoms with E-state index in [-0.39, 0.29) is 18.5 Å². The molecular weight excluding hydrogens is 490 g/mol. The topological polar surface area (TPSA) is 96.0 Å². The summed E-state index contributed by atoms with van der Waals surface area (Å²) in [6.45, 7) is 6.80. The number of carbonyl (C=O) groups is 2. The smallest absolute Gasteiger partial charge is 0.244 e. The number of benzene rings is 2. The van der Waals surface area contributed by atoms with Gasteiger partial charge < -0.3 is 15.0 Å². The average Bonchev–Trinajstić information content (AvgIpc) is 2.81. The quantitative estimate of drug-likeness (QED) is 0.484. The molecule has 0 saturated heterocycles. The summed E-state index contributed by atoms with van der Waals surface area (Å²) in [5.74, 6) is -0.169. The average molecular weight is 524 g/mol. The fourth-order valence-electron chi connectivity index (χ4n) is 3.44. The molecule has 0 aliphatic rings. The van der Waals surface area contributed by atoms with Crippen molar-refractivity contribution in [2.75, 3.05) is 24.2 Å². The fourth-order valence-corrected chi connectivity index (χ4v) is 4.51. The third kappa shape index (κ3) is 7.60. The molecule has 0 aliphatic carbocycles. The van der Waals surface area contributed by atoms with Crippen LogP contribution in [0, 0.1) is 6.92 Å². The molecule has 1 N–H and O–H groups in total. The first-order chi connectivity index (χ1) is 16.4. The third-order valence-corrected chi connectivity index (χ3v) is 7.40. The highest BCUT2D eigenvalue weighted by atomic mass is 35.5. The van der Waals surface area contributed by atoms with E-state index in [0.717, 1.165) is 22.5 Å². The Bertz CT molecular complexity index is 1140. The Morgan fingerprint density at radius 2 is 1.74 bits per heavy atom. The number of methoxy groups -OCH3 is 1. The van der Waals surface area contributed by atoms with Gasteiger partial charge in [0, 0.05) is 17.6 Å². The molecule has 0 spiro atoms. The van der Waals surface area contributed by atoms with Crippen molar-refractivity contribution in [3.05, 3.63) is 58.6 Å². The zero-order chi connectivity index (χ0) is 26.3. The Morgan fingerprint density at radius 3 is 2.29 bits per heavy atom. The highest BCUT2D eigenvalue weighted by Gasteiger charge is 2.31. The first-order valence-electron chi connectivity index (χ1n) is 11.3. The molecule has 0 aromatic heterocycles. The molecule has 2 rings (SSSR count). The van der Waals surface area contributed by atoms with Crippen LogP contribution >= 0.6 is 11.6 Å². The number of sulfonamides is 1. The molecule has 2 aromatic carbocycles. The summed E-state index contributed by atoms with van der Waals surface area (Å²) in [4.78, 5) is 27.9. The summed E-state index contributed by atoms with van der Waals surface area (Å²) in [7, 11) is -2.27. The number of hydrogen-bond donors (Lipinski definition) is 1. The van der Waals surface area contributed by atoms with Crippen molar-refractivity contribution in [2.24, 2.45) is 0 Å². The second-order valence-electron chi connectivity index (χ2n) is 8.52. The normalized spacial score (nSPS) is 13.0. The van der Waals surface area contributed by atoms with Crippen LogP contribution in [0.3, 0.4) is 0 Å². The minimum atomic E-state index is -3.83. The van der Waals surface area contributed by atoms with E-state index in [4.69, 9.17) is 16.3 Å². The number of ether oxygens (including phenoxy) is 1. The minimum Gasteiger partial charge on any atom is -0.497 e. The number of anilines is 1. The maximum absolute atomic E-state index is 13.6. The first kappa shape index (κ1) is 28.5. The molecule has 2 aromatic rings. The van der Waals surface area contributed by atoms with Crippen LogP contribution in [0.2, 0.25) is 5.02 Å². The van der Waals surface area contributed by atoms with E-state index in [2.05, 4.69) is 5.32 Å². The van der Waals surface area contributed by atoms with Gasteiger partial charge in [0.15, 0.2) is 0 Å². The van der Waals surface area contributed by atoms with Crippen LogP contribution in [0.5, 0.6) is 5.75 Å². The molecule has 10 heteroatoms. The zero-order valence-corrected chi connectivity index (χ0v) is 22.6. The highest BCUT2D eigenvalue weighted by Crippen LogP contribution is 2.28. The van der Waals surface area contributed by atoms with Crippen molar-refractivity contribution >= 4 is 39.1 Å². The summed E-state index contributed by atoms with van der Waals surface area (Å²) in [5, 5.41) is 3.29. The second kappa shape index (κ2) is 12.3. The number of nitrogens with zero attached hydrogens (tertiary/aromatic N) is 2. The SMILES string of the molecule is CC[C@@H](C)NC(=O)[C@@H](C)N(Cc1ccc(OC)cc1)C(=O)CN(c1cccc(Cl)c1C)S(C)(=O)=O. The molecule has 0 heterocycles. The van der Waals surface area contributed by atoms with Gasteiger partial charge in [-0.25, -0.2) is 8.42 Å². The van der Waals surface area contributed by atoms with Crippen molar-refractivity contribution in [3.8, 4) is 5.75 Å². The highest BCUT2D eigenvalue weighted by molar-refractivity contribution is 7.92. The number of hydrogen-bond acceptors (Lipinski definition) is 5. The maximum Gasteiger partial charge on any atom is 0.244 e. The van der Waals surface area contributed by atoms with E-state index in [9.17, 15) is 18.0 Å². The van der Waals surface area contributed by atoms with Crippen LogP contribution in [-0.4, -0.2) is 57.1 Å². The number of halogens is 1. The largest absolute Gasteiger partial charge is 0.497 e. The molecule has 2 atom stereocenters. The maximum atomic E-state index is 13.6. The van der Waals surface area contributed by atoms with E-state index >= 15 is 0 Å². The van der Waals surface area contributed by atoms with Gasteiger partial charge in [0.05, 0.1) is 19.1 Å². The lowest BCUT2D eigenvalue weighted by Crippen LogP contribution is -2.52. The van der Waals surface area contributed by atoms with Gasteiger partial charge in [0.25, 0.3) is 0 Å². The van der Waals surface area contributed by atoms with Crippen molar-refractivity contribution in [1.82, 2.24) is 10.2 Å². The Morgan fingerprint density at radius 1 is 1.11 bits per heavy atom. The van der Waals surface area contributed by atoms with E-state index < -0.39 is 28.5 Å². The summed E-state index contributed by atoms with van der Waals surface area (Å²) in [6.07, 6.45) is 1.77. The Kier molecular flexibility index (Phi) is 9.97. The van der Waals surface area contributed by atoms with Gasteiger partial charge in [-0.15, -0.1) is 0 Å². The Balaban J connectivity index is 2.42. The van der Waals surface area contributed by atoms with Crippen molar-refractivity contribution in [3.63, 3.8) is 0 Å². The molecule has 0 fully saturated rings. The predicted octanol–water partition coefficient (Wildman–Crippen LogP) is 3.76. The van der Waals surface area contributed by atoms with Gasteiger partial charge in [-0.05, 0) is 62.6 Å². The van der Waals surface area contributed by atoms with Crippen LogP contribution in [0.25, 0.3) is 0 Å². The lowest BCUT2D eigenvalue weighted by Gasteiger charge is -2.32. The standard InChI is InChI=1S/C25H34ClN3O5S/c1-7-17(2)27-25(31)19(4)28(15-20-11-13-21(34-5)14-12-20)24(30)16-29(35(6,32)33)23-10-8-9-22(26)18(23)3/h8-14,17,19H,7,15-16H2,1-6H3,(H,27,31)/t17-,19-/m1/s1. The molecule has 192 valence electrons. The molecule has 35 heavy (non-hydrogen) atoms. The summed E-state index contributed by atoms with van der Waals surface area (Å²) in [5.41, 5.74) is 1.62. The second-order valence-corrected chi connectivity index (χ2v) is 10.8. The molecule has 0 radical (unpaired) electrons. The summed E-state index contributed by atoms with van der Waals surface area (Å²) in [6, 6.07) is 11.1. The van der Waals surface area contributed by atoms with Gasteiger partial charge in [-0.1, -0.05) is 36.7 Å². The van der Waals surface area contributed by atoms with Gasteiger partial charge in [0.2, 0.25) is 21.8 Å². The van der Waals surface area contributed by atoms with Crippen molar-refractivity contribution in [2.45, 2.75) is 52.7 Å². The molecular formula is C25H34ClN3O5S. The summed E-state index contributed by atoms with van der Waals surface area (Å²) >= 11 is 6.21. The Labute approximate surface area is 213 Å². The van der Waals surface area contributed by atoms with Crippen LogP contribution in [0.4, 0.5) is 5.69 Å². The fraction of sp³-hybridized carbons (Fsp3) is 0.440. The molecule has 0 bridgehead atoms. The van der Waals surface area contributed by atoms with E-state index in [1.165, 1.54) is 4.90 Å². The van der Waals surface area contributed by atoms with Crippen LogP contribution in [-0.2, 0) is 26.2 Å². The first-order valence-corrected chi connectivity index (χ1v) is 13.6. The number of rotatable bonds is 11. The van der Waals surface area contributed by atoms with Crippen LogP contribution in [0.1, 0.15) is 38.3 Å². The van der Waals surface area contributed by atoms with Crippen LogP contribution < -0.4 is 14.4 Å². The number of amides is 2. The lowest BCUT2D eigenvalue weighted by molar-refractivity contribution is -0.139.